The van der Waals surface area contributed by atoms with Gasteiger partial charge in [-0.1, -0.05) is 18.0 Å². The Balaban J connectivity index is 1.96. The van der Waals surface area contributed by atoms with Crippen LogP contribution in [0.2, 0.25) is 5.15 Å². The van der Waals surface area contributed by atoms with Gasteiger partial charge in [0.05, 0.1) is 0 Å². The van der Waals surface area contributed by atoms with Crippen LogP contribution in [-0.4, -0.2) is 16.9 Å². The molecule has 1 heterocycles. The van der Waals surface area contributed by atoms with E-state index in [4.69, 9.17) is 11.6 Å². The molecular weight excluding hydrogens is 224 g/mol. The van der Waals surface area contributed by atoms with Gasteiger partial charge in [-0.3, -0.25) is 4.79 Å². The smallest absolute Gasteiger partial charge is 0.251 e. The number of aromatic nitrogens is 1. The summed E-state index contributed by atoms with van der Waals surface area (Å²) in [6.45, 7) is 2.06. The first-order valence-electron chi connectivity index (χ1n) is 5.59. The van der Waals surface area contributed by atoms with E-state index in [9.17, 15) is 4.79 Å². The minimum atomic E-state index is -0.0660. The third-order valence-electron chi connectivity index (χ3n) is 3.20. The summed E-state index contributed by atoms with van der Waals surface area (Å²) < 4.78 is 0. The van der Waals surface area contributed by atoms with Gasteiger partial charge in [0.1, 0.15) is 5.15 Å². The molecule has 1 aromatic rings. The number of hydrogen-bond acceptors (Lipinski definition) is 2. The lowest BCUT2D eigenvalue weighted by molar-refractivity contribution is 0.0909. The number of halogens is 1. The summed E-state index contributed by atoms with van der Waals surface area (Å²) in [6, 6.07) is 3.51. The van der Waals surface area contributed by atoms with E-state index < -0.39 is 0 Å². The van der Waals surface area contributed by atoms with Crippen LogP contribution in [0.25, 0.3) is 0 Å². The van der Waals surface area contributed by atoms with Crippen LogP contribution in [0.1, 0.15) is 36.5 Å². The molecule has 86 valence electrons. The van der Waals surface area contributed by atoms with E-state index in [0.29, 0.717) is 16.6 Å². The van der Waals surface area contributed by atoms with Crippen molar-refractivity contribution in [2.75, 3.05) is 0 Å². The number of carbonyl (C=O) groups is 1. The van der Waals surface area contributed by atoms with E-state index in [0.717, 1.165) is 0 Å². The SMILES string of the molecule is CC(NC(=O)c1ccnc(Cl)c1)C1CCC1. The van der Waals surface area contributed by atoms with E-state index in [-0.39, 0.29) is 11.9 Å². The zero-order valence-corrected chi connectivity index (χ0v) is 10.00. The Morgan fingerprint density at radius 3 is 2.94 bits per heavy atom. The molecule has 0 saturated heterocycles. The average Bonchev–Trinajstić information content (AvgIpc) is 2.14. The molecule has 1 fully saturated rings. The number of amides is 1. The monoisotopic (exact) mass is 238 g/mol. The van der Waals surface area contributed by atoms with Crippen LogP contribution in [-0.2, 0) is 0 Å². The van der Waals surface area contributed by atoms with Crippen LogP contribution < -0.4 is 5.32 Å². The number of rotatable bonds is 3. The normalized spacial score (nSPS) is 17.6. The molecule has 0 aliphatic heterocycles. The number of pyridine rings is 1. The Morgan fingerprint density at radius 2 is 2.38 bits per heavy atom. The quantitative estimate of drug-likeness (QED) is 0.823. The van der Waals surface area contributed by atoms with Crippen molar-refractivity contribution in [2.45, 2.75) is 32.2 Å². The van der Waals surface area contributed by atoms with Crippen molar-refractivity contribution in [1.82, 2.24) is 10.3 Å². The zero-order valence-electron chi connectivity index (χ0n) is 9.24. The van der Waals surface area contributed by atoms with Crippen molar-refractivity contribution < 1.29 is 4.79 Å². The molecular formula is C12H15ClN2O. The number of nitrogens with one attached hydrogen (secondary N) is 1. The highest BCUT2D eigenvalue weighted by molar-refractivity contribution is 6.29. The lowest BCUT2D eigenvalue weighted by Gasteiger charge is -2.31. The maximum atomic E-state index is 11.9. The van der Waals surface area contributed by atoms with Crippen LogP contribution >= 0.6 is 11.6 Å². The molecule has 16 heavy (non-hydrogen) atoms. The van der Waals surface area contributed by atoms with Gasteiger partial charge in [-0.25, -0.2) is 4.98 Å². The number of hydrogen-bond donors (Lipinski definition) is 1. The fourth-order valence-corrected chi connectivity index (χ4v) is 2.07. The molecule has 0 aromatic carbocycles. The molecule has 3 nitrogen and oxygen atoms in total. The molecule has 1 amide bonds. The van der Waals surface area contributed by atoms with Gasteiger partial charge < -0.3 is 5.32 Å². The lowest BCUT2D eigenvalue weighted by atomic mass is 9.80. The average molecular weight is 239 g/mol. The second-order valence-electron chi connectivity index (χ2n) is 4.32. The Labute approximate surface area is 100 Å². The van der Waals surface area contributed by atoms with Crippen molar-refractivity contribution in [3.8, 4) is 0 Å². The molecule has 1 unspecified atom stereocenters. The topological polar surface area (TPSA) is 42.0 Å². The summed E-state index contributed by atoms with van der Waals surface area (Å²) in [5.41, 5.74) is 0.575. The highest BCUT2D eigenvalue weighted by Crippen LogP contribution is 2.29. The summed E-state index contributed by atoms with van der Waals surface area (Å²) in [5, 5.41) is 3.35. The molecule has 1 aliphatic rings. The van der Waals surface area contributed by atoms with Crippen molar-refractivity contribution in [3.05, 3.63) is 29.0 Å². The summed E-state index contributed by atoms with van der Waals surface area (Å²) in [6.07, 6.45) is 5.27. The molecule has 0 bridgehead atoms. The van der Waals surface area contributed by atoms with Crippen LogP contribution in [0, 0.1) is 5.92 Å². The Hall–Kier alpha value is -1.09. The van der Waals surface area contributed by atoms with Gasteiger partial charge in [0.15, 0.2) is 0 Å². The molecule has 1 aliphatic carbocycles. The van der Waals surface area contributed by atoms with Crippen molar-refractivity contribution in [2.24, 2.45) is 5.92 Å². The lowest BCUT2D eigenvalue weighted by Crippen LogP contribution is -2.40. The molecule has 4 heteroatoms. The highest BCUT2D eigenvalue weighted by atomic mass is 35.5. The summed E-state index contributed by atoms with van der Waals surface area (Å²) in [7, 11) is 0. The van der Waals surface area contributed by atoms with Crippen molar-refractivity contribution in [1.29, 1.82) is 0 Å². The molecule has 0 radical (unpaired) electrons. The minimum Gasteiger partial charge on any atom is -0.349 e. The third-order valence-corrected chi connectivity index (χ3v) is 3.41. The first kappa shape index (κ1) is 11.4. The largest absolute Gasteiger partial charge is 0.349 e. The van der Waals surface area contributed by atoms with Crippen LogP contribution in [0.5, 0.6) is 0 Å². The third kappa shape index (κ3) is 2.53. The standard InChI is InChI=1S/C12H15ClN2O/c1-8(9-3-2-4-9)15-12(16)10-5-6-14-11(13)7-10/h5-9H,2-4H2,1H3,(H,15,16). The van der Waals surface area contributed by atoms with E-state index in [2.05, 4.69) is 17.2 Å². The fourth-order valence-electron chi connectivity index (χ4n) is 1.89. The summed E-state index contributed by atoms with van der Waals surface area (Å²) >= 11 is 5.74. The molecule has 1 aromatic heterocycles. The van der Waals surface area contributed by atoms with Crippen molar-refractivity contribution in [3.63, 3.8) is 0 Å². The Kier molecular flexibility index (Phi) is 3.44. The van der Waals surface area contributed by atoms with Gasteiger partial charge in [-0.15, -0.1) is 0 Å². The maximum Gasteiger partial charge on any atom is 0.251 e. The summed E-state index contributed by atoms with van der Waals surface area (Å²) in [4.78, 5) is 15.7. The Bertz CT molecular complexity index is 390. The minimum absolute atomic E-state index is 0.0660. The van der Waals surface area contributed by atoms with Gasteiger partial charge in [-0.2, -0.15) is 0 Å². The van der Waals surface area contributed by atoms with Crippen LogP contribution in [0.15, 0.2) is 18.3 Å². The number of carbonyl (C=O) groups excluding carboxylic acids is 1. The fraction of sp³-hybridized carbons (Fsp3) is 0.500. The van der Waals surface area contributed by atoms with Crippen LogP contribution in [0.4, 0.5) is 0 Å². The number of nitrogens with zero attached hydrogens (tertiary/aromatic N) is 1. The predicted molar refractivity (Wildman–Crippen MR) is 63.5 cm³/mol. The van der Waals surface area contributed by atoms with Crippen LogP contribution in [0.3, 0.4) is 0 Å². The highest BCUT2D eigenvalue weighted by Gasteiger charge is 2.25. The van der Waals surface area contributed by atoms with E-state index in [1.54, 1.807) is 18.3 Å². The Morgan fingerprint density at radius 1 is 1.62 bits per heavy atom. The van der Waals surface area contributed by atoms with E-state index >= 15 is 0 Å². The van der Waals surface area contributed by atoms with Gasteiger partial charge in [0.2, 0.25) is 0 Å². The molecule has 1 atom stereocenters. The molecule has 1 saturated carbocycles. The predicted octanol–water partition coefficient (Wildman–Crippen LogP) is 2.65. The molecule has 0 spiro atoms. The van der Waals surface area contributed by atoms with E-state index in [1.807, 2.05) is 0 Å². The van der Waals surface area contributed by atoms with Gasteiger partial charge >= 0.3 is 0 Å². The molecule has 1 N–H and O–H groups in total. The molecule has 2 rings (SSSR count). The van der Waals surface area contributed by atoms with E-state index in [1.165, 1.54) is 19.3 Å². The zero-order chi connectivity index (χ0) is 11.5. The van der Waals surface area contributed by atoms with Gasteiger partial charge in [0.25, 0.3) is 5.91 Å². The second-order valence-corrected chi connectivity index (χ2v) is 4.71. The first-order chi connectivity index (χ1) is 7.66. The first-order valence-corrected chi connectivity index (χ1v) is 5.97. The second kappa shape index (κ2) is 4.83. The van der Waals surface area contributed by atoms with Gasteiger partial charge in [-0.05, 0) is 37.8 Å². The maximum absolute atomic E-state index is 11.9. The van der Waals surface area contributed by atoms with Gasteiger partial charge in [0, 0.05) is 17.8 Å². The summed E-state index contributed by atoms with van der Waals surface area (Å²) in [5.74, 6) is 0.574. The van der Waals surface area contributed by atoms with Crippen molar-refractivity contribution >= 4 is 17.5 Å².